The average molecular weight is 375 g/mol. The molecule has 1 aliphatic heterocycles. The van der Waals surface area contributed by atoms with Gasteiger partial charge in [0.1, 0.15) is 11.9 Å². The third kappa shape index (κ3) is 5.72. The average Bonchev–Trinajstić information content (AvgIpc) is 2.68. The zero-order chi connectivity index (χ0) is 19.2. The van der Waals surface area contributed by atoms with Crippen LogP contribution in [0.5, 0.6) is 0 Å². The van der Waals surface area contributed by atoms with E-state index in [4.69, 9.17) is 4.74 Å². The number of ether oxygens (including phenoxy) is 1. The van der Waals surface area contributed by atoms with E-state index in [0.29, 0.717) is 25.0 Å². The molecule has 1 saturated carbocycles. The molecule has 2 fully saturated rings. The molecule has 1 atom stereocenters. The SMILES string of the molecule is CC(C)CN(C)C(=O)[C@H]1CN(Cc2cnc(C3CCCCC3)nc2)CCO1. The first-order valence-electron chi connectivity index (χ1n) is 10.4. The molecule has 0 radical (unpaired) electrons. The summed E-state index contributed by atoms with van der Waals surface area (Å²) in [5, 5.41) is 0. The third-order valence-corrected chi connectivity index (χ3v) is 5.54. The third-order valence-electron chi connectivity index (χ3n) is 5.54. The van der Waals surface area contributed by atoms with Crippen LogP contribution in [0.15, 0.2) is 12.4 Å². The van der Waals surface area contributed by atoms with Gasteiger partial charge in [0.15, 0.2) is 0 Å². The van der Waals surface area contributed by atoms with Gasteiger partial charge in [-0.1, -0.05) is 33.1 Å². The van der Waals surface area contributed by atoms with Crippen molar-refractivity contribution < 1.29 is 9.53 Å². The maximum absolute atomic E-state index is 12.6. The zero-order valence-electron chi connectivity index (χ0n) is 17.1. The first kappa shape index (κ1) is 20.2. The van der Waals surface area contributed by atoms with E-state index < -0.39 is 0 Å². The van der Waals surface area contributed by atoms with Crippen LogP contribution in [0.25, 0.3) is 0 Å². The summed E-state index contributed by atoms with van der Waals surface area (Å²) in [5.41, 5.74) is 1.11. The molecule has 150 valence electrons. The summed E-state index contributed by atoms with van der Waals surface area (Å²) in [6, 6.07) is 0. The molecule has 6 heteroatoms. The molecule has 3 rings (SSSR count). The van der Waals surface area contributed by atoms with Crippen molar-refractivity contribution in [2.24, 2.45) is 5.92 Å². The molecular weight excluding hydrogens is 340 g/mol. The molecule has 0 unspecified atom stereocenters. The second-order valence-corrected chi connectivity index (χ2v) is 8.49. The molecule has 0 spiro atoms. The van der Waals surface area contributed by atoms with Crippen LogP contribution in [-0.4, -0.2) is 65.1 Å². The van der Waals surface area contributed by atoms with Crippen LogP contribution in [0.1, 0.15) is 63.3 Å². The summed E-state index contributed by atoms with van der Waals surface area (Å²) >= 11 is 0. The van der Waals surface area contributed by atoms with Gasteiger partial charge in [-0.15, -0.1) is 0 Å². The fourth-order valence-corrected chi connectivity index (χ4v) is 4.16. The van der Waals surface area contributed by atoms with Crippen LogP contribution in [0, 0.1) is 5.92 Å². The Morgan fingerprint density at radius 1 is 1.26 bits per heavy atom. The van der Waals surface area contributed by atoms with Crippen LogP contribution in [0.2, 0.25) is 0 Å². The number of carbonyl (C=O) groups excluding carboxylic acids is 1. The number of nitrogens with zero attached hydrogens (tertiary/aromatic N) is 4. The Labute approximate surface area is 163 Å². The topological polar surface area (TPSA) is 58.6 Å². The number of hydrogen-bond acceptors (Lipinski definition) is 5. The lowest BCUT2D eigenvalue weighted by Gasteiger charge is -2.34. The molecular formula is C21H34N4O2. The molecule has 1 amide bonds. The molecule has 1 aromatic rings. The normalized spacial score (nSPS) is 22.1. The lowest BCUT2D eigenvalue weighted by molar-refractivity contribution is -0.148. The van der Waals surface area contributed by atoms with Crippen LogP contribution in [-0.2, 0) is 16.1 Å². The van der Waals surface area contributed by atoms with Crippen LogP contribution < -0.4 is 0 Å². The standard InChI is InChI=1S/C21H34N4O2/c1-16(2)13-24(3)21(26)19-15-25(9-10-27-19)14-17-11-22-20(23-12-17)18-7-5-4-6-8-18/h11-12,16,18-19H,4-10,13-15H2,1-3H3/t19-/m1/s1. The van der Waals surface area contributed by atoms with E-state index in [1.165, 1.54) is 32.1 Å². The highest BCUT2D eigenvalue weighted by Gasteiger charge is 2.29. The van der Waals surface area contributed by atoms with Crippen molar-refractivity contribution in [3.05, 3.63) is 23.8 Å². The lowest BCUT2D eigenvalue weighted by atomic mass is 9.89. The molecule has 1 saturated heterocycles. The summed E-state index contributed by atoms with van der Waals surface area (Å²) in [6.45, 7) is 7.82. The van der Waals surface area contributed by atoms with Crippen molar-refractivity contribution in [2.45, 2.75) is 64.5 Å². The first-order chi connectivity index (χ1) is 13.0. The molecule has 2 heterocycles. The highest BCUT2D eigenvalue weighted by Crippen LogP contribution is 2.30. The van der Waals surface area contributed by atoms with Crippen molar-refractivity contribution in [3.8, 4) is 0 Å². The second kappa shape index (κ2) is 9.60. The van der Waals surface area contributed by atoms with Gasteiger partial charge in [-0.3, -0.25) is 9.69 Å². The molecule has 27 heavy (non-hydrogen) atoms. The predicted molar refractivity (Wildman–Crippen MR) is 105 cm³/mol. The van der Waals surface area contributed by atoms with Gasteiger partial charge in [0, 0.05) is 57.1 Å². The van der Waals surface area contributed by atoms with Gasteiger partial charge in [-0.2, -0.15) is 0 Å². The summed E-state index contributed by atoms with van der Waals surface area (Å²) in [6.07, 6.45) is 9.94. The van der Waals surface area contributed by atoms with Gasteiger partial charge < -0.3 is 9.64 Å². The molecule has 6 nitrogen and oxygen atoms in total. The molecule has 0 bridgehead atoms. The number of likely N-dealkylation sites (N-methyl/N-ethyl adjacent to an activating group) is 1. The zero-order valence-corrected chi connectivity index (χ0v) is 17.1. The van der Waals surface area contributed by atoms with Gasteiger partial charge >= 0.3 is 0 Å². The fourth-order valence-electron chi connectivity index (χ4n) is 4.16. The van der Waals surface area contributed by atoms with Gasteiger partial charge in [0.25, 0.3) is 5.91 Å². The molecule has 1 aromatic heterocycles. The van der Waals surface area contributed by atoms with E-state index in [1.807, 2.05) is 19.4 Å². The molecule has 2 aliphatic rings. The minimum absolute atomic E-state index is 0.0808. The van der Waals surface area contributed by atoms with E-state index in [2.05, 4.69) is 28.7 Å². The summed E-state index contributed by atoms with van der Waals surface area (Å²) in [5.74, 6) is 2.08. The number of hydrogen-bond donors (Lipinski definition) is 0. The van der Waals surface area contributed by atoms with E-state index in [9.17, 15) is 4.79 Å². The van der Waals surface area contributed by atoms with Gasteiger partial charge in [0.05, 0.1) is 6.61 Å². The number of rotatable bonds is 6. The van der Waals surface area contributed by atoms with Crippen LogP contribution >= 0.6 is 0 Å². The summed E-state index contributed by atoms with van der Waals surface area (Å²) < 4.78 is 5.74. The first-order valence-corrected chi connectivity index (χ1v) is 10.4. The Hall–Kier alpha value is -1.53. The molecule has 0 aromatic carbocycles. The number of amides is 1. The molecule has 0 N–H and O–H groups in total. The smallest absolute Gasteiger partial charge is 0.252 e. The largest absolute Gasteiger partial charge is 0.366 e. The van der Waals surface area contributed by atoms with Crippen molar-refractivity contribution >= 4 is 5.91 Å². The maximum Gasteiger partial charge on any atom is 0.252 e. The monoisotopic (exact) mass is 374 g/mol. The second-order valence-electron chi connectivity index (χ2n) is 8.49. The predicted octanol–water partition coefficient (Wildman–Crippen LogP) is 2.84. The van der Waals surface area contributed by atoms with E-state index >= 15 is 0 Å². The number of aromatic nitrogens is 2. The summed E-state index contributed by atoms with van der Waals surface area (Å²) in [4.78, 5) is 25.9. The van der Waals surface area contributed by atoms with Gasteiger partial charge in [0.2, 0.25) is 0 Å². The highest BCUT2D eigenvalue weighted by molar-refractivity contribution is 5.81. The van der Waals surface area contributed by atoms with Crippen LogP contribution in [0.4, 0.5) is 0 Å². The lowest BCUT2D eigenvalue weighted by Crippen LogP contribution is -2.50. The van der Waals surface area contributed by atoms with Gasteiger partial charge in [-0.25, -0.2) is 9.97 Å². The number of carbonyl (C=O) groups is 1. The van der Waals surface area contributed by atoms with Gasteiger partial charge in [-0.05, 0) is 18.8 Å². The van der Waals surface area contributed by atoms with E-state index in [-0.39, 0.29) is 12.0 Å². The highest BCUT2D eigenvalue weighted by atomic mass is 16.5. The Bertz CT molecular complexity index is 599. The van der Waals surface area contributed by atoms with Crippen molar-refractivity contribution in [3.63, 3.8) is 0 Å². The Kier molecular flexibility index (Phi) is 7.19. The summed E-state index contributed by atoms with van der Waals surface area (Å²) in [7, 11) is 1.86. The Morgan fingerprint density at radius 3 is 2.63 bits per heavy atom. The minimum Gasteiger partial charge on any atom is -0.366 e. The Balaban J connectivity index is 1.53. The quantitative estimate of drug-likeness (QED) is 0.766. The number of morpholine rings is 1. The van der Waals surface area contributed by atoms with Crippen molar-refractivity contribution in [2.75, 3.05) is 33.3 Å². The molecule has 1 aliphatic carbocycles. The van der Waals surface area contributed by atoms with Crippen molar-refractivity contribution in [1.29, 1.82) is 0 Å². The van der Waals surface area contributed by atoms with E-state index in [0.717, 1.165) is 31.0 Å². The fraction of sp³-hybridized carbons (Fsp3) is 0.762. The van der Waals surface area contributed by atoms with Crippen molar-refractivity contribution in [1.82, 2.24) is 19.8 Å². The Morgan fingerprint density at radius 2 is 1.96 bits per heavy atom. The maximum atomic E-state index is 12.6. The van der Waals surface area contributed by atoms with Crippen LogP contribution in [0.3, 0.4) is 0 Å². The van der Waals surface area contributed by atoms with E-state index in [1.54, 1.807) is 4.90 Å². The minimum atomic E-state index is -0.370.